The number of nitrogens with zero attached hydrogens (tertiary/aromatic N) is 1. The highest BCUT2D eigenvalue weighted by Gasteiger charge is 2.35. The van der Waals surface area contributed by atoms with E-state index in [1.165, 1.54) is 0 Å². The lowest BCUT2D eigenvalue weighted by Crippen LogP contribution is -2.45. The predicted molar refractivity (Wildman–Crippen MR) is 94.0 cm³/mol. The molecule has 1 atom stereocenters. The fourth-order valence-corrected chi connectivity index (χ4v) is 2.90. The summed E-state index contributed by atoms with van der Waals surface area (Å²) in [7, 11) is 0. The predicted octanol–water partition coefficient (Wildman–Crippen LogP) is 2.15. The smallest absolute Gasteiger partial charge is 0.271 e. The van der Waals surface area contributed by atoms with Crippen LogP contribution < -0.4 is 15.8 Å². The Morgan fingerprint density at radius 3 is 2.40 bits per heavy atom. The van der Waals surface area contributed by atoms with Crippen LogP contribution in [-0.2, 0) is 9.59 Å². The third kappa shape index (κ3) is 3.80. The number of carbonyl (C=O) groups is 3. The molecule has 1 aliphatic heterocycles. The first kappa shape index (κ1) is 17.0. The van der Waals surface area contributed by atoms with Gasteiger partial charge in [0.1, 0.15) is 0 Å². The highest BCUT2D eigenvalue weighted by atomic mass is 35.5. The van der Waals surface area contributed by atoms with Crippen LogP contribution in [0.15, 0.2) is 54.6 Å². The molecule has 1 saturated heterocycles. The molecule has 25 heavy (non-hydrogen) atoms. The van der Waals surface area contributed by atoms with Gasteiger partial charge in [-0.15, -0.1) is 0 Å². The third-order valence-electron chi connectivity index (χ3n) is 3.98. The number of hydrogen-bond acceptors (Lipinski definition) is 3. The van der Waals surface area contributed by atoms with E-state index in [1.54, 1.807) is 29.2 Å². The number of para-hydroxylation sites is 1. The summed E-state index contributed by atoms with van der Waals surface area (Å²) < 4.78 is 0. The van der Waals surface area contributed by atoms with E-state index in [0.717, 1.165) is 5.69 Å². The molecule has 3 amide bonds. The fourth-order valence-electron chi connectivity index (χ4n) is 2.67. The zero-order valence-corrected chi connectivity index (χ0v) is 14.0. The molecule has 2 aromatic carbocycles. The van der Waals surface area contributed by atoms with Crippen molar-refractivity contribution in [1.82, 2.24) is 10.9 Å². The van der Waals surface area contributed by atoms with Crippen molar-refractivity contribution in [2.45, 2.75) is 6.42 Å². The highest BCUT2D eigenvalue weighted by molar-refractivity contribution is 6.33. The maximum absolute atomic E-state index is 12.3. The lowest BCUT2D eigenvalue weighted by atomic mass is 10.1. The van der Waals surface area contributed by atoms with Crippen molar-refractivity contribution >= 4 is 35.0 Å². The average molecular weight is 358 g/mol. The molecule has 0 spiro atoms. The molecule has 7 heteroatoms. The number of benzene rings is 2. The summed E-state index contributed by atoms with van der Waals surface area (Å²) in [6.07, 6.45) is 0.0999. The second-order valence-corrected chi connectivity index (χ2v) is 6.07. The van der Waals surface area contributed by atoms with E-state index in [4.69, 9.17) is 11.6 Å². The van der Waals surface area contributed by atoms with E-state index in [0.29, 0.717) is 5.02 Å². The largest absolute Gasteiger partial charge is 0.312 e. The lowest BCUT2D eigenvalue weighted by molar-refractivity contribution is -0.126. The van der Waals surface area contributed by atoms with E-state index in [2.05, 4.69) is 10.9 Å². The van der Waals surface area contributed by atoms with Crippen LogP contribution in [0.5, 0.6) is 0 Å². The topological polar surface area (TPSA) is 78.5 Å². The number of rotatable bonds is 3. The summed E-state index contributed by atoms with van der Waals surface area (Å²) in [4.78, 5) is 38.0. The molecule has 128 valence electrons. The van der Waals surface area contributed by atoms with Crippen LogP contribution in [0.25, 0.3) is 0 Å². The Balaban J connectivity index is 1.58. The second kappa shape index (κ2) is 7.36. The van der Waals surface area contributed by atoms with Gasteiger partial charge in [-0.3, -0.25) is 25.2 Å². The van der Waals surface area contributed by atoms with Gasteiger partial charge in [0.05, 0.1) is 16.5 Å². The van der Waals surface area contributed by atoms with Crippen molar-refractivity contribution in [2.24, 2.45) is 5.92 Å². The van der Waals surface area contributed by atoms with Gasteiger partial charge >= 0.3 is 0 Å². The summed E-state index contributed by atoms with van der Waals surface area (Å²) in [5, 5.41) is 0.292. The van der Waals surface area contributed by atoms with Gasteiger partial charge in [0.25, 0.3) is 5.91 Å². The number of carbonyl (C=O) groups excluding carboxylic acids is 3. The molecule has 0 radical (unpaired) electrons. The van der Waals surface area contributed by atoms with E-state index in [1.807, 2.05) is 30.3 Å². The summed E-state index contributed by atoms with van der Waals surface area (Å²) in [6, 6.07) is 15.7. The Bertz CT molecular complexity index is 810. The Kier molecular flexibility index (Phi) is 5.00. The monoisotopic (exact) mass is 357 g/mol. The molecule has 1 unspecified atom stereocenters. The van der Waals surface area contributed by atoms with E-state index >= 15 is 0 Å². The van der Waals surface area contributed by atoms with E-state index in [-0.39, 0.29) is 24.4 Å². The van der Waals surface area contributed by atoms with Gasteiger partial charge in [-0.25, -0.2) is 0 Å². The summed E-state index contributed by atoms with van der Waals surface area (Å²) in [6.45, 7) is 0.274. The van der Waals surface area contributed by atoms with Crippen molar-refractivity contribution in [1.29, 1.82) is 0 Å². The molecule has 1 heterocycles. The number of anilines is 1. The summed E-state index contributed by atoms with van der Waals surface area (Å²) >= 11 is 5.94. The van der Waals surface area contributed by atoms with Gasteiger partial charge in [0.15, 0.2) is 0 Å². The van der Waals surface area contributed by atoms with Crippen LogP contribution in [0, 0.1) is 5.92 Å². The van der Waals surface area contributed by atoms with Crippen molar-refractivity contribution < 1.29 is 14.4 Å². The number of hydrazine groups is 1. The van der Waals surface area contributed by atoms with Gasteiger partial charge in [0.2, 0.25) is 11.8 Å². The molecular formula is C18H16ClN3O3. The number of amides is 3. The normalized spacial score (nSPS) is 16.6. The molecule has 0 aliphatic carbocycles. The van der Waals surface area contributed by atoms with Gasteiger partial charge < -0.3 is 4.90 Å². The number of nitrogens with one attached hydrogen (secondary N) is 2. The van der Waals surface area contributed by atoms with Crippen molar-refractivity contribution in [2.75, 3.05) is 11.4 Å². The van der Waals surface area contributed by atoms with Gasteiger partial charge in [-0.1, -0.05) is 41.9 Å². The van der Waals surface area contributed by atoms with Crippen LogP contribution in [-0.4, -0.2) is 24.3 Å². The Labute approximate surface area is 149 Å². The molecule has 3 rings (SSSR count). The minimum absolute atomic E-state index is 0.0999. The molecule has 0 bridgehead atoms. The van der Waals surface area contributed by atoms with Crippen LogP contribution in [0.4, 0.5) is 5.69 Å². The van der Waals surface area contributed by atoms with Crippen molar-refractivity contribution in [3.8, 4) is 0 Å². The van der Waals surface area contributed by atoms with E-state index in [9.17, 15) is 14.4 Å². The van der Waals surface area contributed by atoms with Gasteiger partial charge in [-0.05, 0) is 24.3 Å². The molecule has 6 nitrogen and oxygen atoms in total. The van der Waals surface area contributed by atoms with Crippen molar-refractivity contribution in [3.05, 3.63) is 65.2 Å². The summed E-state index contributed by atoms with van der Waals surface area (Å²) in [5.41, 5.74) is 5.71. The maximum Gasteiger partial charge on any atom is 0.271 e. The fraction of sp³-hybridized carbons (Fsp3) is 0.167. The molecule has 1 aliphatic rings. The first-order valence-electron chi connectivity index (χ1n) is 7.76. The minimum atomic E-state index is -0.528. The molecule has 2 aromatic rings. The Hall–Kier alpha value is -2.86. The zero-order valence-electron chi connectivity index (χ0n) is 13.2. The second-order valence-electron chi connectivity index (χ2n) is 5.66. The standard InChI is InChI=1S/C18H16ClN3O3/c19-15-9-5-4-8-14(15)18(25)21-20-17(24)12-10-16(23)22(11-12)13-6-2-1-3-7-13/h1-9,12H,10-11H2,(H,20,24)(H,21,25). The average Bonchev–Trinajstić information content (AvgIpc) is 3.02. The number of halogens is 1. The third-order valence-corrected chi connectivity index (χ3v) is 4.31. The number of hydrogen-bond donors (Lipinski definition) is 2. The summed E-state index contributed by atoms with van der Waals surface area (Å²) in [5.74, 6) is -1.57. The first-order valence-corrected chi connectivity index (χ1v) is 8.14. The van der Waals surface area contributed by atoms with Gasteiger partial charge in [-0.2, -0.15) is 0 Å². The molecule has 2 N–H and O–H groups in total. The minimum Gasteiger partial charge on any atom is -0.312 e. The first-order chi connectivity index (χ1) is 12.1. The highest BCUT2D eigenvalue weighted by Crippen LogP contribution is 2.24. The van der Waals surface area contributed by atoms with Crippen molar-refractivity contribution in [3.63, 3.8) is 0 Å². The lowest BCUT2D eigenvalue weighted by Gasteiger charge is -2.16. The van der Waals surface area contributed by atoms with Crippen LogP contribution in [0.3, 0.4) is 0 Å². The molecule has 0 saturated carbocycles. The molecular weight excluding hydrogens is 342 g/mol. The van der Waals surface area contributed by atoms with Gasteiger partial charge in [0, 0.05) is 18.7 Å². The SMILES string of the molecule is O=C(NNC(=O)C1CC(=O)N(c2ccccc2)C1)c1ccccc1Cl. The Morgan fingerprint density at radius 2 is 1.68 bits per heavy atom. The Morgan fingerprint density at radius 1 is 1.00 bits per heavy atom. The zero-order chi connectivity index (χ0) is 17.8. The quantitative estimate of drug-likeness (QED) is 0.826. The van der Waals surface area contributed by atoms with Crippen LogP contribution in [0.2, 0.25) is 5.02 Å². The molecule has 1 fully saturated rings. The maximum atomic E-state index is 12.3. The van der Waals surface area contributed by atoms with E-state index < -0.39 is 17.7 Å². The molecule has 0 aromatic heterocycles. The van der Waals surface area contributed by atoms with Crippen LogP contribution in [0.1, 0.15) is 16.8 Å². The van der Waals surface area contributed by atoms with Crippen LogP contribution >= 0.6 is 11.6 Å².